The maximum Gasteiger partial charge on any atom is 0.0586 e. The fourth-order valence-corrected chi connectivity index (χ4v) is 3.55. The van der Waals surface area contributed by atoms with Crippen molar-refractivity contribution in [1.82, 2.24) is 0 Å². The molecule has 88 valence electrons. The first kappa shape index (κ1) is 12.6. The molecule has 0 N–H and O–H groups in total. The molecule has 2 rings (SSSR count). The van der Waals surface area contributed by atoms with Crippen molar-refractivity contribution in [3.8, 4) is 0 Å². The Kier molecular flexibility index (Phi) is 4.45. The molecule has 0 radical (unpaired) electrons. The van der Waals surface area contributed by atoms with Crippen LogP contribution < -0.4 is 0 Å². The molecule has 0 spiro atoms. The molecule has 1 aliphatic heterocycles. The predicted octanol–water partition coefficient (Wildman–Crippen LogP) is 4.18. The highest BCUT2D eigenvalue weighted by molar-refractivity contribution is 9.10. The zero-order valence-corrected chi connectivity index (χ0v) is 12.5. The molecule has 1 fully saturated rings. The molecule has 3 heteroatoms. The van der Waals surface area contributed by atoms with Crippen molar-refractivity contribution in [1.29, 1.82) is 0 Å². The minimum atomic E-state index is 0.389. The molecule has 0 aliphatic carbocycles. The SMILES string of the molecule is CC1OCCC1C(Br)Cc1ccc(Br)cc1. The van der Waals surface area contributed by atoms with Gasteiger partial charge in [0.15, 0.2) is 0 Å². The van der Waals surface area contributed by atoms with Gasteiger partial charge in [-0.1, -0.05) is 44.0 Å². The van der Waals surface area contributed by atoms with Crippen LogP contribution in [0.25, 0.3) is 0 Å². The van der Waals surface area contributed by atoms with Crippen LogP contribution in [-0.4, -0.2) is 17.5 Å². The Labute approximate surface area is 114 Å². The summed E-state index contributed by atoms with van der Waals surface area (Å²) in [6, 6.07) is 8.56. The second kappa shape index (κ2) is 5.65. The van der Waals surface area contributed by atoms with E-state index in [4.69, 9.17) is 4.74 Å². The number of alkyl halides is 1. The van der Waals surface area contributed by atoms with E-state index in [1.807, 2.05) is 0 Å². The molecule has 0 saturated carbocycles. The van der Waals surface area contributed by atoms with Crippen molar-refractivity contribution in [3.63, 3.8) is 0 Å². The maximum absolute atomic E-state index is 5.61. The summed E-state index contributed by atoms with van der Waals surface area (Å²) < 4.78 is 6.74. The quantitative estimate of drug-likeness (QED) is 0.745. The van der Waals surface area contributed by atoms with Gasteiger partial charge in [0.1, 0.15) is 0 Å². The molecule has 1 nitrogen and oxygen atoms in total. The van der Waals surface area contributed by atoms with Gasteiger partial charge in [-0.3, -0.25) is 0 Å². The normalized spacial score (nSPS) is 26.9. The third kappa shape index (κ3) is 3.08. The second-order valence-electron chi connectivity index (χ2n) is 4.38. The van der Waals surface area contributed by atoms with Crippen LogP contribution in [0.2, 0.25) is 0 Å². The summed E-state index contributed by atoms with van der Waals surface area (Å²) >= 11 is 7.26. The summed E-state index contributed by atoms with van der Waals surface area (Å²) in [4.78, 5) is 0.520. The van der Waals surface area contributed by atoms with E-state index in [2.05, 4.69) is 63.0 Å². The lowest BCUT2D eigenvalue weighted by atomic mass is 9.94. The van der Waals surface area contributed by atoms with E-state index in [1.165, 1.54) is 12.0 Å². The van der Waals surface area contributed by atoms with Gasteiger partial charge in [-0.15, -0.1) is 0 Å². The largest absolute Gasteiger partial charge is 0.378 e. The standard InChI is InChI=1S/C13H16Br2O/c1-9-12(6-7-16-9)13(15)8-10-2-4-11(14)5-3-10/h2-5,9,12-13H,6-8H2,1H3. The van der Waals surface area contributed by atoms with E-state index in [-0.39, 0.29) is 0 Å². The average molecular weight is 348 g/mol. The second-order valence-corrected chi connectivity index (χ2v) is 6.47. The van der Waals surface area contributed by atoms with Crippen molar-refractivity contribution in [2.45, 2.75) is 30.7 Å². The Morgan fingerprint density at radius 2 is 2.06 bits per heavy atom. The lowest BCUT2D eigenvalue weighted by Gasteiger charge is -2.20. The minimum Gasteiger partial charge on any atom is -0.378 e. The third-order valence-corrected chi connectivity index (χ3v) is 4.77. The van der Waals surface area contributed by atoms with Crippen LogP contribution in [0.5, 0.6) is 0 Å². The van der Waals surface area contributed by atoms with Crippen molar-refractivity contribution < 1.29 is 4.74 Å². The molecule has 3 unspecified atom stereocenters. The number of ether oxygens (including phenoxy) is 1. The van der Waals surface area contributed by atoms with Crippen molar-refractivity contribution >= 4 is 31.9 Å². The summed E-state index contributed by atoms with van der Waals surface area (Å²) in [5.74, 6) is 0.642. The van der Waals surface area contributed by atoms with Crippen LogP contribution in [-0.2, 0) is 11.2 Å². The molecular weight excluding hydrogens is 332 g/mol. The van der Waals surface area contributed by atoms with E-state index in [9.17, 15) is 0 Å². The highest BCUT2D eigenvalue weighted by Crippen LogP contribution is 2.30. The smallest absolute Gasteiger partial charge is 0.0586 e. The number of rotatable bonds is 3. The molecule has 0 bridgehead atoms. The number of hydrogen-bond acceptors (Lipinski definition) is 1. The zero-order chi connectivity index (χ0) is 11.5. The Morgan fingerprint density at radius 1 is 1.38 bits per heavy atom. The lowest BCUT2D eigenvalue weighted by Crippen LogP contribution is -2.23. The fourth-order valence-electron chi connectivity index (χ4n) is 2.22. The Hall–Kier alpha value is 0.140. The first-order valence-corrected chi connectivity index (χ1v) is 7.38. The molecule has 0 amide bonds. The van der Waals surface area contributed by atoms with E-state index < -0.39 is 0 Å². The first-order chi connectivity index (χ1) is 7.66. The van der Waals surface area contributed by atoms with Gasteiger partial charge in [-0.2, -0.15) is 0 Å². The fraction of sp³-hybridized carbons (Fsp3) is 0.538. The van der Waals surface area contributed by atoms with Gasteiger partial charge in [0.2, 0.25) is 0 Å². The molecule has 1 aromatic carbocycles. The number of halogens is 2. The van der Waals surface area contributed by atoms with E-state index in [0.717, 1.165) is 17.5 Å². The van der Waals surface area contributed by atoms with Crippen LogP contribution >= 0.6 is 31.9 Å². The van der Waals surface area contributed by atoms with Crippen LogP contribution in [0, 0.1) is 5.92 Å². The molecule has 3 atom stereocenters. The van der Waals surface area contributed by atoms with Gasteiger partial charge in [0, 0.05) is 15.9 Å². The predicted molar refractivity (Wildman–Crippen MR) is 74.1 cm³/mol. The van der Waals surface area contributed by atoms with E-state index in [0.29, 0.717) is 16.8 Å². The van der Waals surface area contributed by atoms with Gasteiger partial charge >= 0.3 is 0 Å². The Bertz CT molecular complexity index is 336. The maximum atomic E-state index is 5.61. The third-order valence-electron chi connectivity index (χ3n) is 3.24. The zero-order valence-electron chi connectivity index (χ0n) is 9.33. The first-order valence-electron chi connectivity index (χ1n) is 5.67. The Balaban J connectivity index is 1.96. The summed E-state index contributed by atoms with van der Waals surface area (Å²) in [6.07, 6.45) is 2.64. The molecule has 16 heavy (non-hydrogen) atoms. The molecular formula is C13H16Br2O. The van der Waals surface area contributed by atoms with Crippen LogP contribution in [0.15, 0.2) is 28.7 Å². The topological polar surface area (TPSA) is 9.23 Å². The lowest BCUT2D eigenvalue weighted by molar-refractivity contribution is 0.105. The van der Waals surface area contributed by atoms with Crippen LogP contribution in [0.4, 0.5) is 0 Å². The molecule has 0 aromatic heterocycles. The van der Waals surface area contributed by atoms with Gasteiger partial charge in [-0.05, 0) is 43.4 Å². The van der Waals surface area contributed by atoms with Gasteiger partial charge in [0.05, 0.1) is 6.10 Å². The highest BCUT2D eigenvalue weighted by atomic mass is 79.9. The summed E-state index contributed by atoms with van der Waals surface area (Å²) in [5, 5.41) is 0. The van der Waals surface area contributed by atoms with E-state index in [1.54, 1.807) is 0 Å². The van der Waals surface area contributed by atoms with Crippen molar-refractivity contribution in [3.05, 3.63) is 34.3 Å². The van der Waals surface area contributed by atoms with Crippen molar-refractivity contribution in [2.24, 2.45) is 5.92 Å². The van der Waals surface area contributed by atoms with Crippen LogP contribution in [0.3, 0.4) is 0 Å². The van der Waals surface area contributed by atoms with E-state index >= 15 is 0 Å². The highest BCUT2D eigenvalue weighted by Gasteiger charge is 2.30. The molecule has 1 aliphatic rings. The molecule has 1 heterocycles. The minimum absolute atomic E-state index is 0.389. The van der Waals surface area contributed by atoms with Crippen molar-refractivity contribution in [2.75, 3.05) is 6.61 Å². The number of hydrogen-bond donors (Lipinski definition) is 0. The molecule has 1 saturated heterocycles. The summed E-state index contributed by atoms with van der Waals surface area (Å²) in [7, 11) is 0. The monoisotopic (exact) mass is 346 g/mol. The number of benzene rings is 1. The van der Waals surface area contributed by atoms with Gasteiger partial charge in [0.25, 0.3) is 0 Å². The Morgan fingerprint density at radius 3 is 2.62 bits per heavy atom. The average Bonchev–Trinajstić information content (AvgIpc) is 2.68. The summed E-state index contributed by atoms with van der Waals surface area (Å²) in [5.41, 5.74) is 1.38. The van der Waals surface area contributed by atoms with Crippen LogP contribution in [0.1, 0.15) is 18.9 Å². The van der Waals surface area contributed by atoms with Gasteiger partial charge < -0.3 is 4.74 Å². The molecule has 1 aromatic rings. The van der Waals surface area contributed by atoms with Gasteiger partial charge in [-0.25, -0.2) is 0 Å². The summed E-state index contributed by atoms with van der Waals surface area (Å²) in [6.45, 7) is 3.09.